The maximum Gasteiger partial charge on any atom is 0.354 e. The number of carbonyl (C=O) groups is 1. The standard InChI is InChI=1S/C11H11N3O2/c1-6-5-12-14-9(7-2-3-7)4-8(11(15)16)13-10(6)14/h4-5,7H,2-3H2,1H3,(H,15,16). The summed E-state index contributed by atoms with van der Waals surface area (Å²) in [5.74, 6) is -0.534. The Balaban J connectivity index is 2.32. The second-order valence-corrected chi connectivity index (χ2v) is 4.21. The first-order valence-electron chi connectivity index (χ1n) is 5.25. The summed E-state index contributed by atoms with van der Waals surface area (Å²) in [6.45, 7) is 1.89. The van der Waals surface area contributed by atoms with Gasteiger partial charge in [-0.15, -0.1) is 0 Å². The normalized spacial score (nSPS) is 15.6. The zero-order valence-corrected chi connectivity index (χ0v) is 8.84. The molecule has 0 radical (unpaired) electrons. The average Bonchev–Trinajstić information content (AvgIpc) is 3.03. The number of aryl methyl sites for hydroxylation is 1. The van der Waals surface area contributed by atoms with Crippen LogP contribution in [0.5, 0.6) is 0 Å². The Hall–Kier alpha value is -1.91. The lowest BCUT2D eigenvalue weighted by atomic mass is 10.2. The molecule has 3 rings (SSSR count). The maximum atomic E-state index is 11.0. The van der Waals surface area contributed by atoms with Crippen molar-refractivity contribution in [3.8, 4) is 0 Å². The number of nitrogens with zero attached hydrogens (tertiary/aromatic N) is 3. The highest BCUT2D eigenvalue weighted by molar-refractivity contribution is 5.86. The van der Waals surface area contributed by atoms with Gasteiger partial charge in [-0.2, -0.15) is 5.10 Å². The SMILES string of the molecule is Cc1cnn2c(C3CC3)cc(C(=O)O)nc12. The summed E-state index contributed by atoms with van der Waals surface area (Å²) >= 11 is 0. The van der Waals surface area contributed by atoms with E-state index in [4.69, 9.17) is 5.11 Å². The molecule has 5 nitrogen and oxygen atoms in total. The van der Waals surface area contributed by atoms with Crippen LogP contribution in [0.4, 0.5) is 0 Å². The minimum Gasteiger partial charge on any atom is -0.477 e. The zero-order valence-electron chi connectivity index (χ0n) is 8.84. The van der Waals surface area contributed by atoms with Crippen molar-refractivity contribution in [2.75, 3.05) is 0 Å². The van der Waals surface area contributed by atoms with Gasteiger partial charge in [0.1, 0.15) is 0 Å². The van der Waals surface area contributed by atoms with Crippen LogP contribution in [0.15, 0.2) is 12.3 Å². The van der Waals surface area contributed by atoms with E-state index in [0.29, 0.717) is 11.6 Å². The van der Waals surface area contributed by atoms with Crippen LogP contribution in [0.3, 0.4) is 0 Å². The van der Waals surface area contributed by atoms with Crippen molar-refractivity contribution in [1.82, 2.24) is 14.6 Å². The summed E-state index contributed by atoms with van der Waals surface area (Å²) in [6.07, 6.45) is 3.94. The molecular formula is C11H11N3O2. The molecule has 82 valence electrons. The molecule has 0 unspecified atom stereocenters. The number of carboxylic acid groups (broad SMARTS) is 1. The monoisotopic (exact) mass is 217 g/mol. The summed E-state index contributed by atoms with van der Waals surface area (Å²) in [7, 11) is 0. The molecule has 16 heavy (non-hydrogen) atoms. The Morgan fingerprint density at radius 1 is 1.56 bits per heavy atom. The average molecular weight is 217 g/mol. The first-order chi connectivity index (χ1) is 7.66. The smallest absolute Gasteiger partial charge is 0.354 e. The van der Waals surface area contributed by atoms with E-state index in [1.54, 1.807) is 16.8 Å². The van der Waals surface area contributed by atoms with E-state index < -0.39 is 5.97 Å². The molecule has 0 spiro atoms. The molecule has 0 aliphatic heterocycles. The van der Waals surface area contributed by atoms with Crippen LogP contribution in [0, 0.1) is 6.92 Å². The number of rotatable bonds is 2. The highest BCUT2D eigenvalue weighted by atomic mass is 16.4. The third-order valence-corrected chi connectivity index (χ3v) is 2.89. The van der Waals surface area contributed by atoms with Gasteiger partial charge in [-0.3, -0.25) is 0 Å². The van der Waals surface area contributed by atoms with Crippen molar-refractivity contribution < 1.29 is 9.90 Å². The molecule has 5 heteroatoms. The van der Waals surface area contributed by atoms with Crippen molar-refractivity contribution in [1.29, 1.82) is 0 Å². The number of carboxylic acids is 1. The Kier molecular flexibility index (Phi) is 1.77. The van der Waals surface area contributed by atoms with Crippen LogP contribution in [-0.4, -0.2) is 25.7 Å². The van der Waals surface area contributed by atoms with Crippen LogP contribution in [-0.2, 0) is 0 Å². The fourth-order valence-electron chi connectivity index (χ4n) is 1.88. The van der Waals surface area contributed by atoms with E-state index in [0.717, 1.165) is 24.1 Å². The minimum absolute atomic E-state index is 0.109. The summed E-state index contributed by atoms with van der Waals surface area (Å²) in [5, 5.41) is 13.2. The van der Waals surface area contributed by atoms with Crippen molar-refractivity contribution >= 4 is 11.6 Å². The predicted molar refractivity (Wildman–Crippen MR) is 56.7 cm³/mol. The van der Waals surface area contributed by atoms with Gasteiger partial charge >= 0.3 is 5.97 Å². The van der Waals surface area contributed by atoms with E-state index in [9.17, 15) is 4.79 Å². The third-order valence-electron chi connectivity index (χ3n) is 2.89. The Morgan fingerprint density at radius 3 is 2.94 bits per heavy atom. The summed E-state index contributed by atoms with van der Waals surface area (Å²) in [5.41, 5.74) is 2.64. The molecule has 0 bridgehead atoms. The molecule has 2 aromatic rings. The van der Waals surface area contributed by atoms with Gasteiger partial charge in [0, 0.05) is 17.2 Å². The molecule has 0 aromatic carbocycles. The van der Waals surface area contributed by atoms with Crippen molar-refractivity contribution in [3.63, 3.8) is 0 Å². The van der Waals surface area contributed by atoms with E-state index in [2.05, 4.69) is 10.1 Å². The van der Waals surface area contributed by atoms with Crippen LogP contribution in [0.25, 0.3) is 5.65 Å². The van der Waals surface area contributed by atoms with Crippen molar-refractivity contribution in [2.24, 2.45) is 0 Å². The van der Waals surface area contributed by atoms with Crippen molar-refractivity contribution in [2.45, 2.75) is 25.7 Å². The molecule has 1 saturated carbocycles. The molecule has 1 fully saturated rings. The maximum absolute atomic E-state index is 11.0. The Morgan fingerprint density at radius 2 is 2.31 bits per heavy atom. The van der Waals surface area contributed by atoms with Gasteiger partial charge in [-0.25, -0.2) is 14.3 Å². The number of hydrogen-bond acceptors (Lipinski definition) is 3. The van der Waals surface area contributed by atoms with Gasteiger partial charge in [0.2, 0.25) is 0 Å². The fourth-order valence-corrected chi connectivity index (χ4v) is 1.88. The number of fused-ring (bicyclic) bond motifs is 1. The van der Waals surface area contributed by atoms with Gasteiger partial charge < -0.3 is 5.11 Å². The fraction of sp³-hybridized carbons (Fsp3) is 0.364. The lowest BCUT2D eigenvalue weighted by Crippen LogP contribution is -2.07. The minimum atomic E-state index is -0.981. The van der Waals surface area contributed by atoms with Crippen LogP contribution >= 0.6 is 0 Å². The van der Waals surface area contributed by atoms with Gasteiger partial charge in [0.15, 0.2) is 11.3 Å². The van der Waals surface area contributed by atoms with Crippen molar-refractivity contribution in [3.05, 3.63) is 29.2 Å². The van der Waals surface area contributed by atoms with Gasteiger partial charge in [-0.05, 0) is 25.8 Å². The molecule has 2 aromatic heterocycles. The van der Waals surface area contributed by atoms with Gasteiger partial charge in [0.25, 0.3) is 0 Å². The predicted octanol–water partition coefficient (Wildman–Crippen LogP) is 1.61. The molecule has 0 saturated heterocycles. The summed E-state index contributed by atoms with van der Waals surface area (Å²) < 4.78 is 1.76. The quantitative estimate of drug-likeness (QED) is 0.829. The van der Waals surface area contributed by atoms with E-state index in [-0.39, 0.29) is 5.69 Å². The number of aromatic nitrogens is 3. The van der Waals surface area contributed by atoms with E-state index >= 15 is 0 Å². The second-order valence-electron chi connectivity index (χ2n) is 4.21. The molecule has 0 atom stereocenters. The largest absolute Gasteiger partial charge is 0.477 e. The van der Waals surface area contributed by atoms with Crippen LogP contribution in [0.2, 0.25) is 0 Å². The van der Waals surface area contributed by atoms with Crippen LogP contribution < -0.4 is 0 Å². The molecule has 2 heterocycles. The molecular weight excluding hydrogens is 206 g/mol. The first-order valence-corrected chi connectivity index (χ1v) is 5.25. The Labute approximate surface area is 91.7 Å². The lowest BCUT2D eigenvalue weighted by molar-refractivity contribution is 0.0690. The second kappa shape index (κ2) is 3.04. The first kappa shape index (κ1) is 9.33. The van der Waals surface area contributed by atoms with Gasteiger partial charge in [0.05, 0.1) is 6.20 Å². The number of aromatic carboxylic acids is 1. The number of hydrogen-bond donors (Lipinski definition) is 1. The summed E-state index contributed by atoms with van der Waals surface area (Å²) in [4.78, 5) is 15.1. The topological polar surface area (TPSA) is 67.5 Å². The van der Waals surface area contributed by atoms with Gasteiger partial charge in [-0.1, -0.05) is 0 Å². The Bertz CT molecular complexity index is 584. The molecule has 1 aliphatic carbocycles. The van der Waals surface area contributed by atoms with E-state index in [1.165, 1.54) is 0 Å². The van der Waals surface area contributed by atoms with Crippen LogP contribution in [0.1, 0.15) is 40.5 Å². The van der Waals surface area contributed by atoms with E-state index in [1.807, 2.05) is 6.92 Å². The summed E-state index contributed by atoms with van der Waals surface area (Å²) in [6, 6.07) is 1.64. The highest BCUT2D eigenvalue weighted by Crippen LogP contribution is 2.40. The molecule has 1 N–H and O–H groups in total. The molecule has 1 aliphatic rings. The molecule has 0 amide bonds. The third kappa shape index (κ3) is 1.28. The lowest BCUT2D eigenvalue weighted by Gasteiger charge is -2.04. The zero-order chi connectivity index (χ0) is 11.3. The highest BCUT2D eigenvalue weighted by Gasteiger charge is 2.28.